The fourth-order valence-corrected chi connectivity index (χ4v) is 3.50. The number of nitrogens with zero attached hydrogens (tertiary/aromatic N) is 1. The van der Waals surface area contributed by atoms with Crippen molar-refractivity contribution in [3.63, 3.8) is 0 Å². The van der Waals surface area contributed by atoms with Crippen LogP contribution in [0.2, 0.25) is 0 Å². The Balaban J connectivity index is 0.00000265. The molecule has 1 heterocycles. The maximum Gasteiger partial charge on any atom is 0.256 e. The van der Waals surface area contributed by atoms with Crippen LogP contribution in [0.15, 0.2) is 35.5 Å². The SMILES string of the molecule is C#CC(C)/C(C(=O)NCCN(CC)CC)=C(/C)NC/C=C1\C(=O)Nc2ccc(F)cc21.CC. The maximum atomic E-state index is 13.6. The summed E-state index contributed by atoms with van der Waals surface area (Å²) in [6.07, 6.45) is 7.26. The van der Waals surface area contributed by atoms with Gasteiger partial charge < -0.3 is 20.9 Å². The average molecular weight is 457 g/mol. The number of hydrogen-bond acceptors (Lipinski definition) is 4. The second kappa shape index (κ2) is 14.1. The maximum absolute atomic E-state index is 13.6. The Morgan fingerprint density at radius 1 is 1.27 bits per heavy atom. The molecule has 0 saturated heterocycles. The summed E-state index contributed by atoms with van der Waals surface area (Å²) < 4.78 is 13.6. The van der Waals surface area contributed by atoms with Crippen LogP contribution in [0.5, 0.6) is 0 Å². The van der Waals surface area contributed by atoms with Crippen molar-refractivity contribution < 1.29 is 14.0 Å². The standard InChI is InChI=1S/C24H31FN4O2.C2H6/c1-6-16(4)22(24(31)27-13-14-29(7-2)8-3)17(5)26-12-11-19-20-15-18(25)9-10-21(20)28-23(19)30;1-2/h1,9-11,15-16,26H,7-8,12-14H2,2-5H3,(H,27,31)(H,28,30);1-2H3/b19-11-,22-17+;. The van der Waals surface area contributed by atoms with Gasteiger partial charge in [0.25, 0.3) is 5.91 Å². The van der Waals surface area contributed by atoms with Crippen molar-refractivity contribution in [1.82, 2.24) is 15.5 Å². The van der Waals surface area contributed by atoms with E-state index >= 15 is 0 Å². The summed E-state index contributed by atoms with van der Waals surface area (Å²) in [5.41, 5.74) is 2.63. The Bertz CT molecular complexity index is 927. The van der Waals surface area contributed by atoms with Gasteiger partial charge >= 0.3 is 0 Å². The molecule has 1 aromatic carbocycles. The number of terminal acetylenes is 1. The van der Waals surface area contributed by atoms with Gasteiger partial charge in [-0.1, -0.05) is 39.7 Å². The largest absolute Gasteiger partial charge is 0.385 e. The first kappa shape index (κ1) is 27.9. The molecule has 1 atom stereocenters. The van der Waals surface area contributed by atoms with Crippen molar-refractivity contribution in [2.75, 3.05) is 38.0 Å². The second-order valence-corrected chi connectivity index (χ2v) is 7.35. The monoisotopic (exact) mass is 456 g/mol. The van der Waals surface area contributed by atoms with Crippen LogP contribution in [0.1, 0.15) is 47.1 Å². The zero-order valence-electron chi connectivity index (χ0n) is 20.6. The van der Waals surface area contributed by atoms with Gasteiger partial charge in [-0.15, -0.1) is 6.42 Å². The fourth-order valence-electron chi connectivity index (χ4n) is 3.50. The Morgan fingerprint density at radius 2 is 1.94 bits per heavy atom. The molecular weight excluding hydrogens is 419 g/mol. The molecule has 1 aliphatic heterocycles. The van der Waals surface area contributed by atoms with Crippen molar-refractivity contribution in [2.24, 2.45) is 5.92 Å². The number of halogens is 1. The average Bonchev–Trinajstić information content (AvgIpc) is 3.12. The third-order valence-corrected chi connectivity index (χ3v) is 5.38. The molecular formula is C26H37FN4O2. The lowest BCUT2D eigenvalue weighted by atomic mass is 9.99. The van der Waals surface area contributed by atoms with Gasteiger partial charge in [0.05, 0.1) is 5.57 Å². The molecule has 0 fully saturated rings. The normalized spacial score (nSPS) is 15.0. The van der Waals surface area contributed by atoms with E-state index in [0.29, 0.717) is 34.6 Å². The third-order valence-electron chi connectivity index (χ3n) is 5.38. The van der Waals surface area contributed by atoms with Crippen molar-refractivity contribution in [2.45, 2.75) is 41.5 Å². The minimum absolute atomic E-state index is 0.207. The van der Waals surface area contributed by atoms with Crippen LogP contribution in [-0.4, -0.2) is 49.4 Å². The molecule has 0 spiro atoms. The highest BCUT2D eigenvalue weighted by atomic mass is 19.1. The van der Waals surface area contributed by atoms with E-state index in [-0.39, 0.29) is 24.3 Å². The number of carbonyl (C=O) groups excluding carboxylic acids is 2. The van der Waals surface area contributed by atoms with Crippen LogP contribution < -0.4 is 16.0 Å². The van der Waals surface area contributed by atoms with E-state index in [1.807, 2.05) is 13.8 Å². The summed E-state index contributed by atoms with van der Waals surface area (Å²) in [5.74, 6) is 1.34. The Labute approximate surface area is 197 Å². The molecule has 180 valence electrons. The lowest BCUT2D eigenvalue weighted by molar-refractivity contribution is -0.118. The van der Waals surface area contributed by atoms with Crippen LogP contribution >= 0.6 is 0 Å². The lowest BCUT2D eigenvalue weighted by Crippen LogP contribution is -2.37. The van der Waals surface area contributed by atoms with E-state index in [1.54, 1.807) is 19.9 Å². The van der Waals surface area contributed by atoms with Gasteiger partial charge in [0, 0.05) is 48.1 Å². The molecule has 7 heteroatoms. The fraction of sp³-hybridized carbons (Fsp3) is 0.462. The summed E-state index contributed by atoms with van der Waals surface area (Å²) in [5, 5.41) is 8.81. The highest BCUT2D eigenvalue weighted by molar-refractivity contribution is 6.31. The van der Waals surface area contributed by atoms with Gasteiger partial charge in [0.1, 0.15) is 5.82 Å². The van der Waals surface area contributed by atoms with Gasteiger partial charge in [0.2, 0.25) is 5.91 Å². The minimum atomic E-state index is -0.406. The van der Waals surface area contributed by atoms with Crippen LogP contribution in [0, 0.1) is 24.1 Å². The van der Waals surface area contributed by atoms with Crippen LogP contribution in [0.4, 0.5) is 10.1 Å². The first-order valence-electron chi connectivity index (χ1n) is 11.5. The smallest absolute Gasteiger partial charge is 0.256 e. The van der Waals surface area contributed by atoms with Gasteiger partial charge in [-0.05, 0) is 45.1 Å². The van der Waals surface area contributed by atoms with E-state index in [2.05, 4.69) is 40.6 Å². The number of fused-ring (bicyclic) bond motifs is 1. The third kappa shape index (κ3) is 7.76. The number of nitrogens with one attached hydrogen (secondary N) is 3. The van der Waals surface area contributed by atoms with Gasteiger partial charge in [0.15, 0.2) is 0 Å². The van der Waals surface area contributed by atoms with Crippen LogP contribution in [0.3, 0.4) is 0 Å². The quantitative estimate of drug-likeness (QED) is 0.370. The molecule has 1 aromatic rings. The zero-order valence-corrected chi connectivity index (χ0v) is 20.6. The molecule has 2 amide bonds. The molecule has 2 rings (SSSR count). The molecule has 0 saturated carbocycles. The predicted octanol–water partition coefficient (Wildman–Crippen LogP) is 3.78. The Morgan fingerprint density at radius 3 is 2.55 bits per heavy atom. The number of allylic oxidation sites excluding steroid dienone is 1. The van der Waals surface area contributed by atoms with Crippen molar-refractivity contribution in [1.29, 1.82) is 0 Å². The number of rotatable bonds is 10. The van der Waals surface area contributed by atoms with E-state index in [9.17, 15) is 14.0 Å². The molecule has 0 aliphatic carbocycles. The highest BCUT2D eigenvalue weighted by Gasteiger charge is 2.24. The summed E-state index contributed by atoms with van der Waals surface area (Å²) >= 11 is 0. The predicted molar refractivity (Wildman–Crippen MR) is 134 cm³/mol. The van der Waals surface area contributed by atoms with Crippen molar-refractivity contribution in [3.8, 4) is 12.3 Å². The summed E-state index contributed by atoms with van der Waals surface area (Å²) in [6, 6.07) is 4.17. The van der Waals surface area contributed by atoms with Crippen molar-refractivity contribution >= 4 is 23.1 Å². The van der Waals surface area contributed by atoms with E-state index in [1.165, 1.54) is 18.2 Å². The summed E-state index contributed by atoms with van der Waals surface area (Å²) in [6.45, 7) is 15.2. The highest BCUT2D eigenvalue weighted by Crippen LogP contribution is 2.31. The van der Waals surface area contributed by atoms with Gasteiger partial charge in [-0.25, -0.2) is 4.39 Å². The number of carbonyl (C=O) groups is 2. The molecule has 6 nitrogen and oxygen atoms in total. The number of benzene rings is 1. The number of amides is 2. The minimum Gasteiger partial charge on any atom is -0.385 e. The second-order valence-electron chi connectivity index (χ2n) is 7.35. The van der Waals surface area contributed by atoms with E-state index in [4.69, 9.17) is 6.42 Å². The van der Waals surface area contributed by atoms with Gasteiger partial charge in [-0.3, -0.25) is 9.59 Å². The number of anilines is 1. The van der Waals surface area contributed by atoms with Gasteiger partial charge in [-0.2, -0.15) is 0 Å². The number of hydrogen-bond donors (Lipinski definition) is 3. The van der Waals surface area contributed by atoms with Crippen LogP contribution in [-0.2, 0) is 9.59 Å². The van der Waals surface area contributed by atoms with Crippen molar-refractivity contribution in [3.05, 3.63) is 46.9 Å². The first-order chi connectivity index (χ1) is 15.8. The summed E-state index contributed by atoms with van der Waals surface area (Å²) in [7, 11) is 0. The summed E-state index contributed by atoms with van der Waals surface area (Å²) in [4.78, 5) is 27.2. The molecule has 0 bridgehead atoms. The lowest BCUT2D eigenvalue weighted by Gasteiger charge is -2.20. The molecule has 33 heavy (non-hydrogen) atoms. The molecule has 1 unspecified atom stereocenters. The van der Waals surface area contributed by atoms with E-state index in [0.717, 1.165) is 19.6 Å². The molecule has 0 aromatic heterocycles. The Hall–Kier alpha value is -3.11. The topological polar surface area (TPSA) is 73.5 Å². The zero-order chi connectivity index (χ0) is 25.0. The first-order valence-corrected chi connectivity index (χ1v) is 11.5. The molecule has 0 radical (unpaired) electrons. The molecule has 1 aliphatic rings. The van der Waals surface area contributed by atoms with Crippen LogP contribution in [0.25, 0.3) is 5.57 Å². The Kier molecular flexibility index (Phi) is 12.0. The van der Waals surface area contributed by atoms with E-state index < -0.39 is 5.82 Å². The molecule has 3 N–H and O–H groups in total. The number of likely N-dealkylation sites (N-methyl/N-ethyl adjacent to an activating group) is 1.